The summed E-state index contributed by atoms with van der Waals surface area (Å²) in [5, 5.41) is 4.66. The van der Waals surface area contributed by atoms with Crippen LogP contribution in [0.3, 0.4) is 0 Å². The number of nitrogen functional groups attached to an aromatic ring is 1. The number of aromatic nitrogens is 2. The highest BCUT2D eigenvalue weighted by atomic mass is 35.5. The number of hydrogen-bond acceptors (Lipinski definition) is 5. The molecule has 0 unspecified atom stereocenters. The average Bonchev–Trinajstić information content (AvgIpc) is 2.95. The second-order valence-corrected chi connectivity index (χ2v) is 5.86. The molecule has 0 spiro atoms. The van der Waals surface area contributed by atoms with Crippen molar-refractivity contribution in [3.8, 4) is 11.4 Å². The van der Waals surface area contributed by atoms with Crippen LogP contribution in [0.2, 0.25) is 5.02 Å². The second-order valence-electron chi connectivity index (χ2n) is 4.38. The van der Waals surface area contributed by atoms with Crippen LogP contribution in [0.4, 0.5) is 5.69 Å². The van der Waals surface area contributed by atoms with Gasteiger partial charge in [-0.15, -0.1) is 11.8 Å². The van der Waals surface area contributed by atoms with Gasteiger partial charge in [0.15, 0.2) is 0 Å². The number of rotatable bonds is 4. The molecule has 3 aromatic rings. The molecule has 0 atom stereocenters. The van der Waals surface area contributed by atoms with E-state index in [2.05, 4.69) is 10.1 Å². The molecule has 6 heteroatoms. The van der Waals surface area contributed by atoms with Crippen molar-refractivity contribution in [3.05, 3.63) is 59.4 Å². The predicted molar refractivity (Wildman–Crippen MR) is 85.2 cm³/mol. The molecule has 21 heavy (non-hydrogen) atoms. The maximum Gasteiger partial charge on any atom is 0.237 e. The molecule has 3 rings (SSSR count). The molecule has 106 valence electrons. The van der Waals surface area contributed by atoms with Crippen LogP contribution < -0.4 is 5.73 Å². The summed E-state index contributed by atoms with van der Waals surface area (Å²) in [4.78, 5) is 5.45. The summed E-state index contributed by atoms with van der Waals surface area (Å²) in [5.74, 6) is 1.74. The first-order chi connectivity index (χ1) is 10.2. The topological polar surface area (TPSA) is 64.9 Å². The van der Waals surface area contributed by atoms with Gasteiger partial charge in [-0.25, -0.2) is 0 Å². The molecule has 0 saturated heterocycles. The highest BCUT2D eigenvalue weighted by Crippen LogP contribution is 2.25. The summed E-state index contributed by atoms with van der Waals surface area (Å²) in [6.45, 7) is 0. The minimum absolute atomic E-state index is 0.565. The normalized spacial score (nSPS) is 10.7. The molecule has 0 amide bonds. The Kier molecular flexibility index (Phi) is 4.13. The Morgan fingerprint density at radius 3 is 2.71 bits per heavy atom. The zero-order valence-electron chi connectivity index (χ0n) is 11.0. The molecule has 0 aliphatic rings. The lowest BCUT2D eigenvalue weighted by Crippen LogP contribution is -1.85. The van der Waals surface area contributed by atoms with Crippen molar-refractivity contribution in [1.29, 1.82) is 0 Å². The van der Waals surface area contributed by atoms with Crippen LogP contribution in [0, 0.1) is 0 Å². The van der Waals surface area contributed by atoms with Crippen molar-refractivity contribution >= 4 is 29.1 Å². The van der Waals surface area contributed by atoms with Crippen molar-refractivity contribution in [3.63, 3.8) is 0 Å². The van der Waals surface area contributed by atoms with Gasteiger partial charge in [0.2, 0.25) is 11.7 Å². The van der Waals surface area contributed by atoms with E-state index in [-0.39, 0.29) is 0 Å². The minimum Gasteiger partial charge on any atom is -0.399 e. The van der Waals surface area contributed by atoms with E-state index in [1.807, 2.05) is 36.4 Å². The van der Waals surface area contributed by atoms with Gasteiger partial charge in [-0.2, -0.15) is 4.98 Å². The summed E-state index contributed by atoms with van der Waals surface area (Å²) < 4.78 is 5.26. The van der Waals surface area contributed by atoms with Crippen molar-refractivity contribution < 1.29 is 4.52 Å². The van der Waals surface area contributed by atoms with E-state index in [0.29, 0.717) is 22.5 Å². The van der Waals surface area contributed by atoms with Crippen molar-refractivity contribution in [2.75, 3.05) is 5.73 Å². The first-order valence-corrected chi connectivity index (χ1v) is 7.64. The minimum atomic E-state index is 0.565. The third-order valence-electron chi connectivity index (χ3n) is 2.79. The lowest BCUT2D eigenvalue weighted by molar-refractivity contribution is 0.391. The quantitative estimate of drug-likeness (QED) is 0.575. The predicted octanol–water partition coefficient (Wildman–Crippen LogP) is 4.26. The Bertz CT molecular complexity index is 743. The molecule has 0 aliphatic heterocycles. The first-order valence-electron chi connectivity index (χ1n) is 6.27. The summed E-state index contributed by atoms with van der Waals surface area (Å²) >= 11 is 7.46. The molecule has 2 N–H and O–H groups in total. The van der Waals surface area contributed by atoms with Crippen molar-refractivity contribution in [2.45, 2.75) is 10.6 Å². The molecule has 0 radical (unpaired) electrons. The van der Waals surface area contributed by atoms with Crippen LogP contribution in [0.5, 0.6) is 0 Å². The van der Waals surface area contributed by atoms with Crippen LogP contribution in [-0.2, 0) is 5.75 Å². The Morgan fingerprint density at radius 1 is 1.14 bits per heavy atom. The summed E-state index contributed by atoms with van der Waals surface area (Å²) in [7, 11) is 0. The summed E-state index contributed by atoms with van der Waals surface area (Å²) in [6, 6.07) is 15.0. The average molecular weight is 318 g/mol. The Labute approximate surface area is 131 Å². The van der Waals surface area contributed by atoms with Crippen molar-refractivity contribution in [1.82, 2.24) is 10.1 Å². The first kappa shape index (κ1) is 14.0. The van der Waals surface area contributed by atoms with Crippen LogP contribution in [0.25, 0.3) is 11.4 Å². The van der Waals surface area contributed by atoms with E-state index < -0.39 is 0 Å². The summed E-state index contributed by atoms with van der Waals surface area (Å²) in [5.41, 5.74) is 7.37. The zero-order chi connectivity index (χ0) is 14.7. The van der Waals surface area contributed by atoms with Crippen LogP contribution in [0.1, 0.15) is 5.89 Å². The van der Waals surface area contributed by atoms with E-state index in [1.54, 1.807) is 23.9 Å². The SMILES string of the molecule is Nc1cccc(SCc2nc(-c3ccc(Cl)cc3)no2)c1. The second kappa shape index (κ2) is 6.20. The van der Waals surface area contributed by atoms with E-state index in [1.165, 1.54) is 0 Å². The standard InChI is InChI=1S/C15H12ClN3OS/c16-11-6-4-10(5-7-11)15-18-14(20-19-15)9-21-13-3-1-2-12(17)8-13/h1-8H,9,17H2. The number of nitrogens with zero attached hydrogens (tertiary/aromatic N) is 2. The van der Waals surface area contributed by atoms with E-state index >= 15 is 0 Å². The van der Waals surface area contributed by atoms with Crippen LogP contribution in [0.15, 0.2) is 57.9 Å². The smallest absolute Gasteiger partial charge is 0.237 e. The van der Waals surface area contributed by atoms with Gasteiger partial charge in [0.25, 0.3) is 0 Å². The third-order valence-corrected chi connectivity index (χ3v) is 4.02. The number of halogens is 1. The number of nitrogens with two attached hydrogens (primary N) is 1. The van der Waals surface area contributed by atoms with E-state index in [4.69, 9.17) is 21.9 Å². The molecule has 0 bridgehead atoms. The molecule has 2 aromatic carbocycles. The highest BCUT2D eigenvalue weighted by Gasteiger charge is 2.09. The van der Waals surface area contributed by atoms with Gasteiger partial charge in [-0.05, 0) is 42.5 Å². The van der Waals surface area contributed by atoms with Crippen LogP contribution >= 0.6 is 23.4 Å². The molecular formula is C15H12ClN3OS. The van der Waals surface area contributed by atoms with Gasteiger partial charge in [-0.3, -0.25) is 0 Å². The number of benzene rings is 2. The van der Waals surface area contributed by atoms with Gasteiger partial charge in [0.05, 0.1) is 5.75 Å². The number of anilines is 1. The number of thioether (sulfide) groups is 1. The zero-order valence-corrected chi connectivity index (χ0v) is 12.6. The molecule has 1 heterocycles. The lowest BCUT2D eigenvalue weighted by Gasteiger charge is -1.99. The fourth-order valence-electron chi connectivity index (χ4n) is 1.78. The molecular weight excluding hydrogens is 306 g/mol. The molecule has 4 nitrogen and oxygen atoms in total. The van der Waals surface area contributed by atoms with Gasteiger partial charge in [0.1, 0.15) is 0 Å². The third kappa shape index (κ3) is 3.56. The van der Waals surface area contributed by atoms with Crippen molar-refractivity contribution in [2.24, 2.45) is 0 Å². The molecule has 1 aromatic heterocycles. The largest absolute Gasteiger partial charge is 0.399 e. The summed E-state index contributed by atoms with van der Waals surface area (Å²) in [6.07, 6.45) is 0. The van der Waals surface area contributed by atoms with E-state index in [9.17, 15) is 0 Å². The fraction of sp³-hybridized carbons (Fsp3) is 0.0667. The Morgan fingerprint density at radius 2 is 1.95 bits per heavy atom. The monoisotopic (exact) mass is 317 g/mol. The Hall–Kier alpha value is -1.98. The van der Waals surface area contributed by atoms with Gasteiger partial charge in [0, 0.05) is 21.2 Å². The lowest BCUT2D eigenvalue weighted by atomic mass is 10.2. The van der Waals surface area contributed by atoms with Gasteiger partial charge >= 0.3 is 0 Å². The maximum atomic E-state index is 5.86. The molecule has 0 fully saturated rings. The molecule has 0 saturated carbocycles. The maximum absolute atomic E-state index is 5.86. The fourth-order valence-corrected chi connectivity index (χ4v) is 2.71. The van der Waals surface area contributed by atoms with Gasteiger partial charge in [-0.1, -0.05) is 22.8 Å². The highest BCUT2D eigenvalue weighted by molar-refractivity contribution is 7.98. The number of hydrogen-bond donors (Lipinski definition) is 1. The molecule has 0 aliphatic carbocycles. The van der Waals surface area contributed by atoms with Gasteiger partial charge < -0.3 is 10.3 Å². The van der Waals surface area contributed by atoms with E-state index in [0.717, 1.165) is 16.1 Å². The Balaban J connectivity index is 1.69. The van der Waals surface area contributed by atoms with Crippen LogP contribution in [-0.4, -0.2) is 10.1 Å².